The maximum absolute atomic E-state index is 12.8. The van der Waals surface area contributed by atoms with Crippen LogP contribution in [0.3, 0.4) is 0 Å². The van der Waals surface area contributed by atoms with Crippen LogP contribution in [-0.2, 0) is 13.2 Å². The Morgan fingerprint density at radius 1 is 1.03 bits per heavy atom. The normalized spacial score (nSPS) is 10.9. The van der Waals surface area contributed by atoms with E-state index < -0.39 is 0 Å². The molecule has 0 saturated heterocycles. The summed E-state index contributed by atoms with van der Waals surface area (Å²) in [7, 11) is 0. The van der Waals surface area contributed by atoms with Gasteiger partial charge in [0.05, 0.1) is 23.6 Å². The van der Waals surface area contributed by atoms with Crippen molar-refractivity contribution in [3.8, 4) is 5.75 Å². The highest BCUT2D eigenvalue weighted by atomic mass is 35.5. The highest BCUT2D eigenvalue weighted by Gasteiger charge is 2.18. The zero-order valence-corrected chi connectivity index (χ0v) is 19.9. The first-order valence-electron chi connectivity index (χ1n) is 10.7. The molecule has 0 fully saturated rings. The number of aromatic nitrogens is 2. The number of furan rings is 1. The van der Waals surface area contributed by atoms with Crippen molar-refractivity contribution in [1.29, 1.82) is 0 Å². The number of aryl methyl sites for hydroxylation is 3. The zero-order valence-electron chi connectivity index (χ0n) is 19.1. The molecule has 0 aliphatic heterocycles. The third-order valence-corrected chi connectivity index (χ3v) is 5.77. The minimum Gasteiger partial charge on any atom is -0.485 e. The second-order valence-electron chi connectivity index (χ2n) is 8.06. The second kappa shape index (κ2) is 9.55. The number of benzene rings is 2. The van der Waals surface area contributed by atoms with Crippen LogP contribution >= 0.6 is 11.6 Å². The maximum atomic E-state index is 12.8. The van der Waals surface area contributed by atoms with Crippen molar-refractivity contribution in [2.45, 2.75) is 40.8 Å². The molecule has 2 aromatic heterocycles. The summed E-state index contributed by atoms with van der Waals surface area (Å²) in [6.45, 7) is 8.63. The summed E-state index contributed by atoms with van der Waals surface area (Å²) in [6.07, 6.45) is 0. The van der Waals surface area contributed by atoms with Gasteiger partial charge in [-0.05, 0) is 68.7 Å². The highest BCUT2D eigenvalue weighted by molar-refractivity contribution is 6.30. The molecule has 0 unspecified atom stereocenters. The number of hydrogen-bond donors (Lipinski definition) is 1. The van der Waals surface area contributed by atoms with Crippen molar-refractivity contribution >= 4 is 23.2 Å². The monoisotopic (exact) mass is 463 g/mol. The summed E-state index contributed by atoms with van der Waals surface area (Å²) < 4.78 is 13.5. The molecule has 0 radical (unpaired) electrons. The Kier molecular flexibility index (Phi) is 6.56. The summed E-state index contributed by atoms with van der Waals surface area (Å²) >= 11 is 5.97. The third kappa shape index (κ3) is 5.12. The van der Waals surface area contributed by atoms with Gasteiger partial charge in [-0.25, -0.2) is 0 Å². The van der Waals surface area contributed by atoms with Crippen molar-refractivity contribution in [3.63, 3.8) is 0 Å². The number of amides is 1. The Balaban J connectivity index is 1.43. The zero-order chi connectivity index (χ0) is 23.5. The van der Waals surface area contributed by atoms with Crippen LogP contribution < -0.4 is 10.1 Å². The number of rotatable bonds is 7. The van der Waals surface area contributed by atoms with Crippen LogP contribution in [-0.4, -0.2) is 15.7 Å². The molecule has 2 aromatic carbocycles. The van der Waals surface area contributed by atoms with Gasteiger partial charge in [0.25, 0.3) is 5.91 Å². The molecule has 0 bridgehead atoms. The number of para-hydroxylation sites is 1. The molecule has 170 valence electrons. The molecule has 7 heteroatoms. The average Bonchev–Trinajstić information content (AvgIpc) is 3.35. The van der Waals surface area contributed by atoms with Gasteiger partial charge in [-0.2, -0.15) is 5.10 Å². The SMILES string of the molecule is Cc1cccc(C)c1OCc1ccc(C(=O)Nc2c(C)nn(Cc3ccc(Cl)cc3)c2C)o1. The summed E-state index contributed by atoms with van der Waals surface area (Å²) in [4.78, 5) is 12.8. The molecule has 6 nitrogen and oxygen atoms in total. The molecule has 1 N–H and O–H groups in total. The van der Waals surface area contributed by atoms with E-state index in [0.717, 1.165) is 33.8 Å². The molecular formula is C26H26ClN3O3. The molecule has 0 aliphatic rings. The van der Waals surface area contributed by atoms with Gasteiger partial charge in [0.15, 0.2) is 5.76 Å². The van der Waals surface area contributed by atoms with Crippen molar-refractivity contribution in [1.82, 2.24) is 9.78 Å². The van der Waals surface area contributed by atoms with Crippen LogP contribution in [0.5, 0.6) is 5.75 Å². The largest absolute Gasteiger partial charge is 0.485 e. The number of anilines is 1. The Morgan fingerprint density at radius 3 is 2.42 bits per heavy atom. The first-order valence-corrected chi connectivity index (χ1v) is 11.1. The highest BCUT2D eigenvalue weighted by Crippen LogP contribution is 2.25. The molecule has 1 amide bonds. The van der Waals surface area contributed by atoms with Crippen molar-refractivity contribution in [3.05, 3.63) is 99.2 Å². The van der Waals surface area contributed by atoms with Gasteiger partial charge in [0.2, 0.25) is 0 Å². The van der Waals surface area contributed by atoms with Crippen molar-refractivity contribution < 1.29 is 13.9 Å². The van der Waals surface area contributed by atoms with Gasteiger partial charge in [-0.3, -0.25) is 9.48 Å². The van der Waals surface area contributed by atoms with E-state index in [1.165, 1.54) is 0 Å². The van der Waals surface area contributed by atoms with E-state index in [9.17, 15) is 4.79 Å². The van der Waals surface area contributed by atoms with E-state index in [1.54, 1.807) is 12.1 Å². The van der Waals surface area contributed by atoms with Crippen LogP contribution in [0.4, 0.5) is 5.69 Å². The quantitative estimate of drug-likeness (QED) is 0.352. The number of carbonyl (C=O) groups excluding carboxylic acids is 1. The minimum atomic E-state index is -0.328. The number of carbonyl (C=O) groups is 1. The van der Waals surface area contributed by atoms with Gasteiger partial charge in [-0.15, -0.1) is 0 Å². The third-order valence-electron chi connectivity index (χ3n) is 5.52. The van der Waals surface area contributed by atoms with Gasteiger partial charge >= 0.3 is 0 Å². The number of halogens is 1. The molecule has 2 heterocycles. The smallest absolute Gasteiger partial charge is 0.291 e. The van der Waals surface area contributed by atoms with E-state index in [1.807, 2.05) is 74.8 Å². The van der Waals surface area contributed by atoms with E-state index in [0.29, 0.717) is 23.0 Å². The van der Waals surface area contributed by atoms with E-state index in [-0.39, 0.29) is 18.3 Å². The Labute approximate surface area is 198 Å². The number of nitrogens with one attached hydrogen (secondary N) is 1. The molecular weight excluding hydrogens is 438 g/mol. The number of hydrogen-bond acceptors (Lipinski definition) is 4. The fourth-order valence-corrected chi connectivity index (χ4v) is 3.84. The van der Waals surface area contributed by atoms with Crippen LogP contribution in [0.2, 0.25) is 5.02 Å². The predicted octanol–water partition coefficient (Wildman–Crippen LogP) is 6.24. The van der Waals surface area contributed by atoms with Gasteiger partial charge in [-0.1, -0.05) is 41.9 Å². The summed E-state index contributed by atoms with van der Waals surface area (Å²) in [5.41, 5.74) is 5.46. The molecule has 0 atom stereocenters. The van der Waals surface area contributed by atoms with Crippen molar-refractivity contribution in [2.24, 2.45) is 0 Å². The lowest BCUT2D eigenvalue weighted by molar-refractivity contribution is 0.0992. The average molecular weight is 464 g/mol. The molecule has 0 saturated carbocycles. The summed E-state index contributed by atoms with van der Waals surface area (Å²) in [5, 5.41) is 8.21. The summed E-state index contributed by atoms with van der Waals surface area (Å²) in [5.74, 6) is 1.30. The first kappa shape index (κ1) is 22.7. The fourth-order valence-electron chi connectivity index (χ4n) is 3.72. The molecule has 4 rings (SSSR count). The predicted molar refractivity (Wildman–Crippen MR) is 129 cm³/mol. The summed E-state index contributed by atoms with van der Waals surface area (Å²) in [6, 6.07) is 17.0. The maximum Gasteiger partial charge on any atom is 0.291 e. The lowest BCUT2D eigenvalue weighted by Crippen LogP contribution is -2.12. The Morgan fingerprint density at radius 2 is 1.73 bits per heavy atom. The van der Waals surface area contributed by atoms with Crippen LogP contribution in [0, 0.1) is 27.7 Å². The first-order chi connectivity index (χ1) is 15.8. The second-order valence-corrected chi connectivity index (χ2v) is 8.50. The Hall–Kier alpha value is -3.51. The van der Waals surface area contributed by atoms with Gasteiger partial charge < -0.3 is 14.5 Å². The lowest BCUT2D eigenvalue weighted by atomic mass is 10.1. The van der Waals surface area contributed by atoms with E-state index in [2.05, 4.69) is 10.4 Å². The van der Waals surface area contributed by atoms with Crippen LogP contribution in [0.25, 0.3) is 0 Å². The van der Waals surface area contributed by atoms with Gasteiger partial charge in [0.1, 0.15) is 18.1 Å². The van der Waals surface area contributed by atoms with Crippen molar-refractivity contribution in [2.75, 3.05) is 5.32 Å². The molecule has 0 spiro atoms. The number of nitrogens with zero attached hydrogens (tertiary/aromatic N) is 2. The molecule has 33 heavy (non-hydrogen) atoms. The molecule has 0 aliphatic carbocycles. The minimum absolute atomic E-state index is 0.222. The van der Waals surface area contributed by atoms with Gasteiger partial charge in [0, 0.05) is 5.02 Å². The number of ether oxygens (including phenoxy) is 1. The lowest BCUT2D eigenvalue weighted by Gasteiger charge is -2.10. The molecule has 4 aromatic rings. The van der Waals surface area contributed by atoms with E-state index in [4.69, 9.17) is 20.8 Å². The van der Waals surface area contributed by atoms with Crippen LogP contribution in [0.1, 0.15) is 44.4 Å². The van der Waals surface area contributed by atoms with Crippen LogP contribution in [0.15, 0.2) is 59.0 Å². The standard InChI is InChI=1S/C26H26ClN3O3/c1-16-6-5-7-17(2)25(16)32-15-22-12-13-23(33-22)26(31)28-24-18(3)29-30(19(24)4)14-20-8-10-21(27)11-9-20/h5-13H,14-15H2,1-4H3,(H,28,31). The Bertz CT molecular complexity index is 1270. The fraction of sp³-hybridized carbons (Fsp3) is 0.231. The van der Waals surface area contributed by atoms with E-state index >= 15 is 0 Å². The topological polar surface area (TPSA) is 69.3 Å².